The Morgan fingerprint density at radius 2 is 2.14 bits per heavy atom. The Hall–Kier alpha value is -0.790. The number of rotatable bonds is 1. The zero-order valence-corrected chi connectivity index (χ0v) is 9.76. The molecule has 0 saturated carbocycles. The van der Waals surface area contributed by atoms with Gasteiger partial charge in [0.15, 0.2) is 0 Å². The lowest BCUT2D eigenvalue weighted by molar-refractivity contribution is -0.149. The Balaban J connectivity index is 3.04. The second-order valence-corrected chi connectivity index (χ2v) is 4.86. The molecule has 2 heteroatoms. The highest BCUT2D eigenvalue weighted by atomic mass is 16.5. The Morgan fingerprint density at radius 3 is 2.64 bits per heavy atom. The van der Waals surface area contributed by atoms with E-state index in [0.29, 0.717) is 5.92 Å². The molecule has 0 saturated heterocycles. The van der Waals surface area contributed by atoms with Gasteiger partial charge in [0.2, 0.25) is 0 Å². The quantitative estimate of drug-likeness (QED) is 0.476. The van der Waals surface area contributed by atoms with Gasteiger partial charge in [0.1, 0.15) is 0 Å². The van der Waals surface area contributed by atoms with E-state index < -0.39 is 0 Å². The van der Waals surface area contributed by atoms with Crippen LogP contribution in [0.3, 0.4) is 0 Å². The fourth-order valence-electron chi connectivity index (χ4n) is 2.26. The van der Waals surface area contributed by atoms with Gasteiger partial charge in [-0.3, -0.25) is 4.79 Å². The Labute approximate surface area is 86.3 Å². The average Bonchev–Trinajstić information content (AvgIpc) is 2.11. The van der Waals surface area contributed by atoms with E-state index in [1.807, 2.05) is 6.92 Å². The highest BCUT2D eigenvalue weighted by Gasteiger charge is 2.42. The summed E-state index contributed by atoms with van der Waals surface area (Å²) in [6.07, 6.45) is 3.23. The minimum Gasteiger partial charge on any atom is -0.469 e. The van der Waals surface area contributed by atoms with Crippen LogP contribution in [0.25, 0.3) is 0 Å². The average molecular weight is 196 g/mol. The maximum atomic E-state index is 11.7. The summed E-state index contributed by atoms with van der Waals surface area (Å²) in [5, 5.41) is 0. The maximum Gasteiger partial charge on any atom is 0.313 e. The molecule has 0 heterocycles. The molecule has 1 rings (SSSR count). The number of hydrogen-bond donors (Lipinski definition) is 0. The van der Waals surface area contributed by atoms with E-state index in [-0.39, 0.29) is 17.3 Å². The Morgan fingerprint density at radius 1 is 1.57 bits per heavy atom. The molecule has 0 unspecified atom stereocenters. The number of methoxy groups -OCH3 is 1. The van der Waals surface area contributed by atoms with Gasteiger partial charge >= 0.3 is 5.97 Å². The first-order chi connectivity index (χ1) is 6.41. The maximum absolute atomic E-state index is 11.7. The van der Waals surface area contributed by atoms with Crippen LogP contribution in [0, 0.1) is 17.3 Å². The highest BCUT2D eigenvalue weighted by molar-refractivity contribution is 5.76. The van der Waals surface area contributed by atoms with Gasteiger partial charge in [-0.25, -0.2) is 0 Å². The standard InChI is InChI=1S/C12H20O2/c1-8-6-7-9(2)12(3,4)10(8)11(13)14-5/h6,9-10H,7H2,1-5H3/t9-,10+/m1/s1. The summed E-state index contributed by atoms with van der Waals surface area (Å²) in [7, 11) is 1.46. The van der Waals surface area contributed by atoms with Gasteiger partial charge in [-0.2, -0.15) is 0 Å². The molecular weight excluding hydrogens is 176 g/mol. The minimum atomic E-state index is -0.102. The first-order valence-electron chi connectivity index (χ1n) is 5.15. The lowest BCUT2D eigenvalue weighted by Crippen LogP contribution is -2.40. The first-order valence-corrected chi connectivity index (χ1v) is 5.15. The van der Waals surface area contributed by atoms with Crippen molar-refractivity contribution in [2.45, 2.75) is 34.1 Å². The lowest BCUT2D eigenvalue weighted by atomic mass is 9.63. The monoisotopic (exact) mass is 196 g/mol. The predicted octanol–water partition coefficient (Wildman–Crippen LogP) is 2.79. The number of hydrogen-bond acceptors (Lipinski definition) is 2. The van der Waals surface area contributed by atoms with Crippen molar-refractivity contribution in [3.63, 3.8) is 0 Å². The predicted molar refractivity (Wildman–Crippen MR) is 56.8 cm³/mol. The molecule has 80 valence electrons. The van der Waals surface area contributed by atoms with Crippen molar-refractivity contribution in [1.29, 1.82) is 0 Å². The van der Waals surface area contributed by atoms with Gasteiger partial charge in [-0.15, -0.1) is 0 Å². The van der Waals surface area contributed by atoms with Crippen LogP contribution in [0.15, 0.2) is 11.6 Å². The molecule has 0 aromatic rings. The second kappa shape index (κ2) is 3.76. The first kappa shape index (κ1) is 11.3. The Bertz CT molecular complexity index is 263. The molecule has 2 atom stereocenters. The SMILES string of the molecule is COC(=O)[C@@H]1C(C)=CC[C@@H](C)C1(C)C. The van der Waals surface area contributed by atoms with Gasteiger partial charge in [-0.05, 0) is 24.7 Å². The summed E-state index contributed by atoms with van der Waals surface area (Å²) >= 11 is 0. The van der Waals surface area contributed by atoms with Crippen molar-refractivity contribution in [3.05, 3.63) is 11.6 Å². The number of carbonyl (C=O) groups excluding carboxylic acids is 1. The molecule has 0 aliphatic heterocycles. The molecule has 0 aromatic heterocycles. The van der Waals surface area contributed by atoms with Crippen LogP contribution >= 0.6 is 0 Å². The third-order valence-electron chi connectivity index (χ3n) is 3.70. The minimum absolute atomic E-state index is 0.00588. The third-order valence-corrected chi connectivity index (χ3v) is 3.70. The van der Waals surface area contributed by atoms with E-state index >= 15 is 0 Å². The van der Waals surface area contributed by atoms with Crippen LogP contribution < -0.4 is 0 Å². The summed E-state index contributed by atoms with van der Waals surface area (Å²) in [5.74, 6) is 0.349. The lowest BCUT2D eigenvalue weighted by Gasteiger charge is -2.41. The van der Waals surface area contributed by atoms with E-state index in [2.05, 4.69) is 26.8 Å². The van der Waals surface area contributed by atoms with Crippen molar-refractivity contribution in [3.8, 4) is 0 Å². The topological polar surface area (TPSA) is 26.3 Å². The van der Waals surface area contributed by atoms with Crippen molar-refractivity contribution < 1.29 is 9.53 Å². The van der Waals surface area contributed by atoms with Crippen LogP contribution in [0.1, 0.15) is 34.1 Å². The van der Waals surface area contributed by atoms with Crippen LogP contribution in [0.4, 0.5) is 0 Å². The van der Waals surface area contributed by atoms with E-state index in [0.717, 1.165) is 12.0 Å². The molecular formula is C12H20O2. The molecule has 0 bridgehead atoms. The van der Waals surface area contributed by atoms with E-state index in [9.17, 15) is 4.79 Å². The molecule has 0 N–H and O–H groups in total. The largest absolute Gasteiger partial charge is 0.469 e. The van der Waals surface area contributed by atoms with E-state index in [4.69, 9.17) is 4.74 Å². The van der Waals surface area contributed by atoms with Crippen LogP contribution in [-0.4, -0.2) is 13.1 Å². The smallest absolute Gasteiger partial charge is 0.313 e. The van der Waals surface area contributed by atoms with Gasteiger partial charge in [-0.1, -0.05) is 32.4 Å². The number of ether oxygens (including phenoxy) is 1. The van der Waals surface area contributed by atoms with E-state index in [1.165, 1.54) is 7.11 Å². The van der Waals surface area contributed by atoms with Crippen molar-refractivity contribution in [2.75, 3.05) is 7.11 Å². The summed E-state index contributed by atoms with van der Waals surface area (Å²) in [6.45, 7) is 8.51. The molecule has 14 heavy (non-hydrogen) atoms. The molecule has 1 aliphatic carbocycles. The van der Waals surface area contributed by atoms with Gasteiger partial charge in [0.25, 0.3) is 0 Å². The van der Waals surface area contributed by atoms with Crippen molar-refractivity contribution in [2.24, 2.45) is 17.3 Å². The summed E-state index contributed by atoms with van der Waals surface area (Å²) in [5.41, 5.74) is 1.16. The normalized spacial score (nSPS) is 30.8. The molecule has 0 radical (unpaired) electrons. The van der Waals surface area contributed by atoms with Gasteiger partial charge < -0.3 is 4.74 Å². The van der Waals surface area contributed by atoms with Crippen molar-refractivity contribution in [1.82, 2.24) is 0 Å². The fraction of sp³-hybridized carbons (Fsp3) is 0.750. The second-order valence-electron chi connectivity index (χ2n) is 4.86. The Kier molecular flexibility index (Phi) is 3.03. The molecule has 0 fully saturated rings. The third kappa shape index (κ3) is 1.70. The number of carbonyl (C=O) groups is 1. The zero-order valence-electron chi connectivity index (χ0n) is 9.76. The molecule has 2 nitrogen and oxygen atoms in total. The zero-order chi connectivity index (χ0) is 10.9. The molecule has 0 amide bonds. The number of allylic oxidation sites excluding steroid dienone is 1. The molecule has 0 spiro atoms. The van der Waals surface area contributed by atoms with Crippen LogP contribution in [0.2, 0.25) is 0 Å². The molecule has 1 aliphatic rings. The van der Waals surface area contributed by atoms with E-state index in [1.54, 1.807) is 0 Å². The van der Waals surface area contributed by atoms with Gasteiger partial charge in [0.05, 0.1) is 13.0 Å². The van der Waals surface area contributed by atoms with Crippen LogP contribution in [0.5, 0.6) is 0 Å². The summed E-state index contributed by atoms with van der Waals surface area (Å²) in [4.78, 5) is 11.7. The number of esters is 1. The summed E-state index contributed by atoms with van der Waals surface area (Å²) in [6, 6.07) is 0. The molecule has 0 aromatic carbocycles. The fourth-order valence-corrected chi connectivity index (χ4v) is 2.26. The van der Waals surface area contributed by atoms with Crippen LogP contribution in [-0.2, 0) is 9.53 Å². The van der Waals surface area contributed by atoms with Gasteiger partial charge in [0, 0.05) is 0 Å². The summed E-state index contributed by atoms with van der Waals surface area (Å²) < 4.78 is 4.86. The van der Waals surface area contributed by atoms with Crippen molar-refractivity contribution >= 4 is 5.97 Å². The highest BCUT2D eigenvalue weighted by Crippen LogP contribution is 2.45.